The number of ether oxygens (including phenoxy) is 1. The first kappa shape index (κ1) is 20.1. The molecular formula is C21H21N3O5. The number of rotatable bonds is 6. The zero-order valence-electron chi connectivity index (χ0n) is 15.8. The van der Waals surface area contributed by atoms with E-state index in [1.165, 1.54) is 7.11 Å². The van der Waals surface area contributed by atoms with Crippen molar-refractivity contribution in [2.45, 2.75) is 24.9 Å². The first-order valence-corrected chi connectivity index (χ1v) is 9.10. The maximum Gasteiger partial charge on any atom is 0.328 e. The predicted octanol–water partition coefficient (Wildman–Crippen LogP) is 1.03. The summed E-state index contributed by atoms with van der Waals surface area (Å²) in [6, 6.07) is 13.8. The highest BCUT2D eigenvalue weighted by Gasteiger charge is 2.31. The zero-order valence-corrected chi connectivity index (χ0v) is 15.8. The third-order valence-corrected chi connectivity index (χ3v) is 4.54. The molecule has 8 nitrogen and oxygen atoms in total. The van der Waals surface area contributed by atoms with Crippen molar-refractivity contribution >= 4 is 29.4 Å². The van der Waals surface area contributed by atoms with E-state index in [0.717, 1.165) is 5.56 Å². The number of benzene rings is 2. The van der Waals surface area contributed by atoms with E-state index in [0.29, 0.717) is 11.3 Å². The Morgan fingerprint density at radius 2 is 1.76 bits per heavy atom. The minimum atomic E-state index is -1.06. The second-order valence-corrected chi connectivity index (χ2v) is 6.60. The van der Waals surface area contributed by atoms with E-state index in [4.69, 9.17) is 4.74 Å². The molecule has 0 saturated carbocycles. The average molecular weight is 395 g/mol. The number of carbonyl (C=O) groups excluding carboxylic acids is 4. The minimum Gasteiger partial charge on any atom is -0.467 e. The Morgan fingerprint density at radius 3 is 2.48 bits per heavy atom. The molecule has 2 aromatic carbocycles. The Morgan fingerprint density at radius 1 is 1.07 bits per heavy atom. The first-order chi connectivity index (χ1) is 14.0. The van der Waals surface area contributed by atoms with Gasteiger partial charge < -0.3 is 20.7 Å². The molecule has 3 rings (SSSR count). The quantitative estimate of drug-likeness (QED) is 0.632. The molecule has 3 amide bonds. The van der Waals surface area contributed by atoms with E-state index in [1.54, 1.807) is 24.3 Å². The van der Waals surface area contributed by atoms with E-state index in [1.807, 2.05) is 30.3 Å². The lowest BCUT2D eigenvalue weighted by molar-refractivity contribution is -0.145. The molecule has 150 valence electrons. The summed E-state index contributed by atoms with van der Waals surface area (Å²) in [5.41, 5.74) is 1.55. The molecule has 0 unspecified atom stereocenters. The van der Waals surface area contributed by atoms with Crippen molar-refractivity contribution in [1.29, 1.82) is 0 Å². The van der Waals surface area contributed by atoms with Gasteiger partial charge in [0.05, 0.1) is 24.8 Å². The predicted molar refractivity (Wildman–Crippen MR) is 105 cm³/mol. The smallest absolute Gasteiger partial charge is 0.328 e. The van der Waals surface area contributed by atoms with E-state index in [9.17, 15) is 19.2 Å². The molecule has 0 fully saturated rings. The minimum absolute atomic E-state index is 0.244. The highest BCUT2D eigenvalue weighted by molar-refractivity contribution is 6.10. The molecule has 0 saturated heterocycles. The Kier molecular flexibility index (Phi) is 6.23. The van der Waals surface area contributed by atoms with E-state index in [-0.39, 0.29) is 12.8 Å². The highest BCUT2D eigenvalue weighted by atomic mass is 16.5. The van der Waals surface area contributed by atoms with Crippen LogP contribution in [0.15, 0.2) is 54.6 Å². The van der Waals surface area contributed by atoms with Crippen molar-refractivity contribution in [3.8, 4) is 0 Å². The van der Waals surface area contributed by atoms with Crippen LogP contribution in [-0.4, -0.2) is 42.9 Å². The van der Waals surface area contributed by atoms with Gasteiger partial charge in [-0.05, 0) is 17.7 Å². The van der Waals surface area contributed by atoms with Gasteiger partial charge in [-0.2, -0.15) is 0 Å². The number of hydrogen-bond donors (Lipinski definition) is 3. The van der Waals surface area contributed by atoms with Gasteiger partial charge in [-0.15, -0.1) is 0 Å². The number of hydrogen-bond acceptors (Lipinski definition) is 5. The normalized spacial score (nSPS) is 16.5. The maximum atomic E-state index is 12.5. The summed E-state index contributed by atoms with van der Waals surface area (Å²) in [6.45, 7) is 0. The van der Waals surface area contributed by atoms with E-state index >= 15 is 0 Å². The van der Waals surface area contributed by atoms with Crippen LogP contribution in [-0.2, 0) is 25.5 Å². The second-order valence-electron chi connectivity index (χ2n) is 6.60. The standard InChI is InChI=1S/C21H21N3O5/c1-29-21(28)17(11-13-7-3-2-4-8-13)22-18(25)12-16-20(27)23-15-10-6-5-9-14(15)19(26)24-16/h2-10,16-17H,11-12H2,1H3,(H,22,25)(H,23,27)(H,24,26)/t16-,17-/m0/s1. The topological polar surface area (TPSA) is 114 Å². The first-order valence-electron chi connectivity index (χ1n) is 9.10. The van der Waals surface area contributed by atoms with E-state index in [2.05, 4.69) is 16.0 Å². The van der Waals surface area contributed by atoms with Gasteiger partial charge in [-0.1, -0.05) is 42.5 Å². The van der Waals surface area contributed by atoms with Crippen LogP contribution in [0.3, 0.4) is 0 Å². The molecule has 2 atom stereocenters. The van der Waals surface area contributed by atoms with Gasteiger partial charge >= 0.3 is 5.97 Å². The lowest BCUT2D eigenvalue weighted by atomic mass is 10.1. The number of nitrogens with one attached hydrogen (secondary N) is 3. The van der Waals surface area contributed by atoms with E-state index < -0.39 is 35.8 Å². The largest absolute Gasteiger partial charge is 0.467 e. The summed E-state index contributed by atoms with van der Waals surface area (Å²) < 4.78 is 4.77. The van der Waals surface area contributed by atoms with Gasteiger partial charge in [0.15, 0.2) is 0 Å². The molecule has 2 aromatic rings. The van der Waals surface area contributed by atoms with Crippen LogP contribution in [0.2, 0.25) is 0 Å². The molecule has 0 radical (unpaired) electrons. The number of para-hydroxylation sites is 1. The van der Waals surface area contributed by atoms with Gasteiger partial charge in [0.2, 0.25) is 11.8 Å². The monoisotopic (exact) mass is 395 g/mol. The molecule has 1 heterocycles. The molecule has 8 heteroatoms. The molecule has 1 aliphatic heterocycles. The summed E-state index contributed by atoms with van der Waals surface area (Å²) in [5.74, 6) is -2.10. The lowest BCUT2D eigenvalue weighted by Gasteiger charge is -2.19. The zero-order chi connectivity index (χ0) is 20.8. The van der Waals surface area contributed by atoms with Crippen LogP contribution in [0.4, 0.5) is 5.69 Å². The van der Waals surface area contributed by atoms with Gasteiger partial charge in [-0.25, -0.2) is 4.79 Å². The SMILES string of the molecule is COC(=O)[C@H](Cc1ccccc1)NC(=O)C[C@@H]1NC(=O)c2ccccc2NC1=O. The molecule has 0 aromatic heterocycles. The van der Waals surface area contributed by atoms with Crippen molar-refractivity contribution < 1.29 is 23.9 Å². The number of anilines is 1. The van der Waals surface area contributed by atoms with Crippen molar-refractivity contribution in [2.75, 3.05) is 12.4 Å². The van der Waals surface area contributed by atoms with Crippen LogP contribution in [0.5, 0.6) is 0 Å². The third kappa shape index (κ3) is 4.98. The summed E-state index contributed by atoms with van der Waals surface area (Å²) in [5, 5.41) is 7.79. The number of fused-ring (bicyclic) bond motifs is 1. The fourth-order valence-electron chi connectivity index (χ4n) is 3.08. The van der Waals surface area contributed by atoms with Crippen molar-refractivity contribution in [3.63, 3.8) is 0 Å². The van der Waals surface area contributed by atoms with Gasteiger partial charge in [0.25, 0.3) is 5.91 Å². The van der Waals surface area contributed by atoms with Crippen molar-refractivity contribution in [1.82, 2.24) is 10.6 Å². The number of methoxy groups -OCH3 is 1. The summed E-state index contributed by atoms with van der Waals surface area (Å²) in [7, 11) is 1.24. The van der Waals surface area contributed by atoms with Gasteiger partial charge in [0.1, 0.15) is 12.1 Å². The highest BCUT2D eigenvalue weighted by Crippen LogP contribution is 2.18. The maximum absolute atomic E-state index is 12.5. The van der Waals surface area contributed by atoms with Crippen LogP contribution in [0.1, 0.15) is 22.3 Å². The third-order valence-electron chi connectivity index (χ3n) is 4.54. The molecule has 0 spiro atoms. The number of esters is 1. The van der Waals surface area contributed by atoms with Crippen molar-refractivity contribution in [2.24, 2.45) is 0 Å². The average Bonchev–Trinajstić information content (AvgIpc) is 2.84. The second kappa shape index (κ2) is 9.01. The molecule has 0 bridgehead atoms. The molecule has 3 N–H and O–H groups in total. The van der Waals surface area contributed by atoms with Crippen molar-refractivity contribution in [3.05, 3.63) is 65.7 Å². The Bertz CT molecular complexity index is 929. The number of amides is 3. The van der Waals surface area contributed by atoms with Crippen LogP contribution >= 0.6 is 0 Å². The fraction of sp³-hybridized carbons (Fsp3) is 0.238. The Labute approximate surface area is 167 Å². The van der Waals surface area contributed by atoms with Gasteiger partial charge in [0, 0.05) is 6.42 Å². The van der Waals surface area contributed by atoms with Crippen LogP contribution < -0.4 is 16.0 Å². The van der Waals surface area contributed by atoms with Crippen LogP contribution in [0, 0.1) is 0 Å². The summed E-state index contributed by atoms with van der Waals surface area (Å²) in [6.07, 6.45) is -0.0677. The van der Waals surface area contributed by atoms with Gasteiger partial charge in [-0.3, -0.25) is 14.4 Å². The Balaban J connectivity index is 1.67. The lowest BCUT2D eigenvalue weighted by Crippen LogP contribution is -2.48. The molecule has 0 aliphatic carbocycles. The molecule has 29 heavy (non-hydrogen) atoms. The molecular weight excluding hydrogens is 374 g/mol. The fourth-order valence-corrected chi connectivity index (χ4v) is 3.08. The Hall–Kier alpha value is -3.68. The summed E-state index contributed by atoms with van der Waals surface area (Å²) >= 11 is 0. The molecule has 1 aliphatic rings. The number of carbonyl (C=O) groups is 4. The summed E-state index contributed by atoms with van der Waals surface area (Å²) in [4.78, 5) is 49.4. The van der Waals surface area contributed by atoms with Crippen LogP contribution in [0.25, 0.3) is 0 Å².